The van der Waals surface area contributed by atoms with E-state index in [0.29, 0.717) is 19.6 Å². The van der Waals surface area contributed by atoms with Crippen molar-refractivity contribution in [3.8, 4) is 5.75 Å². The number of nitrogens with one attached hydrogen (secondary N) is 1. The van der Waals surface area contributed by atoms with Crippen molar-refractivity contribution in [1.29, 1.82) is 0 Å². The molecule has 0 aliphatic carbocycles. The van der Waals surface area contributed by atoms with Gasteiger partial charge in [0.15, 0.2) is 0 Å². The van der Waals surface area contributed by atoms with Gasteiger partial charge < -0.3 is 10.1 Å². The number of nitrogens with zero attached hydrogens (tertiary/aromatic N) is 3. The molecule has 3 rings (SSSR count). The summed E-state index contributed by atoms with van der Waals surface area (Å²) in [5.74, 6) is 1.41. The molecule has 1 amide bonds. The van der Waals surface area contributed by atoms with Crippen molar-refractivity contribution >= 4 is 5.91 Å². The Bertz CT molecular complexity index is 666. The number of fused-ring (bicyclic) bond motifs is 1. The second kappa shape index (κ2) is 6.17. The summed E-state index contributed by atoms with van der Waals surface area (Å²) in [6.45, 7) is 5.03. The van der Waals surface area contributed by atoms with Gasteiger partial charge in [-0.1, -0.05) is 18.2 Å². The predicted octanol–water partition coefficient (Wildman–Crippen LogP) is 2.04. The van der Waals surface area contributed by atoms with Gasteiger partial charge in [-0.3, -0.25) is 4.79 Å². The Balaban J connectivity index is 1.69. The normalized spacial score (nSPS) is 17.0. The van der Waals surface area contributed by atoms with E-state index in [1.54, 1.807) is 0 Å². The Hall–Kier alpha value is -2.37. The molecule has 0 saturated carbocycles. The highest BCUT2D eigenvalue weighted by Crippen LogP contribution is 2.33. The number of hydrogen-bond acceptors (Lipinski definition) is 4. The van der Waals surface area contributed by atoms with Crippen molar-refractivity contribution in [2.24, 2.45) is 0 Å². The maximum atomic E-state index is 12.5. The molecule has 0 bridgehead atoms. The maximum Gasteiger partial charge on any atom is 0.228 e. The van der Waals surface area contributed by atoms with Gasteiger partial charge in [-0.05, 0) is 26.3 Å². The largest absolute Gasteiger partial charge is 0.493 e. The minimum Gasteiger partial charge on any atom is -0.493 e. The SMILES string of the molecule is CC(C)n1ncnc1CNC(=O)C1CCOc2ccccc21. The predicted molar refractivity (Wildman–Crippen MR) is 81.5 cm³/mol. The average Bonchev–Trinajstić information content (AvgIpc) is 3.01. The summed E-state index contributed by atoms with van der Waals surface area (Å²) in [4.78, 5) is 16.7. The number of carbonyl (C=O) groups is 1. The van der Waals surface area contributed by atoms with E-state index in [0.717, 1.165) is 17.1 Å². The fraction of sp³-hybridized carbons (Fsp3) is 0.438. The smallest absolute Gasteiger partial charge is 0.228 e. The number of para-hydroxylation sites is 1. The molecule has 2 aromatic rings. The molecule has 1 aliphatic heterocycles. The minimum absolute atomic E-state index is 0.00839. The Morgan fingerprint density at radius 3 is 3.09 bits per heavy atom. The molecule has 1 aromatic carbocycles. The lowest BCUT2D eigenvalue weighted by Crippen LogP contribution is -2.33. The zero-order chi connectivity index (χ0) is 15.5. The Morgan fingerprint density at radius 2 is 2.27 bits per heavy atom. The fourth-order valence-corrected chi connectivity index (χ4v) is 2.74. The van der Waals surface area contributed by atoms with Crippen LogP contribution in [0.4, 0.5) is 0 Å². The van der Waals surface area contributed by atoms with Crippen molar-refractivity contribution in [3.63, 3.8) is 0 Å². The van der Waals surface area contributed by atoms with Crippen molar-refractivity contribution in [2.45, 2.75) is 38.8 Å². The summed E-state index contributed by atoms with van der Waals surface area (Å²) in [6, 6.07) is 7.94. The molecule has 2 heterocycles. The van der Waals surface area contributed by atoms with Crippen molar-refractivity contribution < 1.29 is 9.53 Å². The number of amides is 1. The van der Waals surface area contributed by atoms with Crippen molar-refractivity contribution in [2.75, 3.05) is 6.61 Å². The van der Waals surface area contributed by atoms with E-state index in [4.69, 9.17) is 4.74 Å². The van der Waals surface area contributed by atoms with Gasteiger partial charge in [0.05, 0.1) is 19.1 Å². The summed E-state index contributed by atoms with van der Waals surface area (Å²) in [5.41, 5.74) is 0.955. The number of ether oxygens (including phenoxy) is 1. The van der Waals surface area contributed by atoms with Crippen LogP contribution in [0.5, 0.6) is 5.75 Å². The maximum absolute atomic E-state index is 12.5. The quantitative estimate of drug-likeness (QED) is 0.938. The van der Waals surface area contributed by atoms with Gasteiger partial charge in [0.25, 0.3) is 0 Å². The van der Waals surface area contributed by atoms with Gasteiger partial charge in [-0.2, -0.15) is 5.10 Å². The van der Waals surface area contributed by atoms with Gasteiger partial charge in [-0.25, -0.2) is 9.67 Å². The summed E-state index contributed by atoms with van der Waals surface area (Å²) in [7, 11) is 0. The van der Waals surface area contributed by atoms with Crippen LogP contribution in [0.3, 0.4) is 0 Å². The lowest BCUT2D eigenvalue weighted by atomic mass is 9.92. The highest BCUT2D eigenvalue weighted by molar-refractivity contribution is 5.84. The first-order chi connectivity index (χ1) is 10.7. The monoisotopic (exact) mass is 300 g/mol. The van der Waals surface area contributed by atoms with Gasteiger partial charge >= 0.3 is 0 Å². The van der Waals surface area contributed by atoms with Gasteiger partial charge in [0.1, 0.15) is 17.9 Å². The van der Waals surface area contributed by atoms with Crippen molar-refractivity contribution in [3.05, 3.63) is 42.0 Å². The van der Waals surface area contributed by atoms with E-state index in [1.807, 2.05) is 42.8 Å². The van der Waals surface area contributed by atoms with E-state index < -0.39 is 0 Å². The van der Waals surface area contributed by atoms with Gasteiger partial charge in [0.2, 0.25) is 5.91 Å². The topological polar surface area (TPSA) is 69.0 Å². The van der Waals surface area contributed by atoms with Crippen LogP contribution in [0, 0.1) is 0 Å². The van der Waals surface area contributed by atoms with Crippen LogP contribution in [-0.4, -0.2) is 27.3 Å². The first-order valence-electron chi connectivity index (χ1n) is 7.54. The molecule has 1 aromatic heterocycles. The number of benzene rings is 1. The lowest BCUT2D eigenvalue weighted by molar-refractivity contribution is -0.123. The first kappa shape index (κ1) is 14.6. The standard InChI is InChI=1S/C16H20N4O2/c1-11(2)20-15(18-10-19-20)9-17-16(21)13-7-8-22-14-6-4-3-5-12(13)14/h3-6,10-11,13H,7-9H2,1-2H3,(H,17,21). The van der Waals surface area contributed by atoms with Crippen LogP contribution in [0.2, 0.25) is 0 Å². The average molecular weight is 300 g/mol. The molecular formula is C16H20N4O2. The molecule has 6 heteroatoms. The number of carbonyl (C=O) groups excluding carboxylic acids is 1. The molecule has 0 radical (unpaired) electrons. The summed E-state index contributed by atoms with van der Waals surface area (Å²) >= 11 is 0. The summed E-state index contributed by atoms with van der Waals surface area (Å²) in [5, 5.41) is 7.15. The molecule has 1 atom stereocenters. The molecular weight excluding hydrogens is 280 g/mol. The van der Waals surface area contributed by atoms with E-state index in [1.165, 1.54) is 6.33 Å². The van der Waals surface area contributed by atoms with Gasteiger partial charge in [0, 0.05) is 11.6 Å². The number of rotatable bonds is 4. The summed E-state index contributed by atoms with van der Waals surface area (Å²) in [6.07, 6.45) is 2.21. The molecule has 1 aliphatic rings. The molecule has 116 valence electrons. The second-order valence-electron chi connectivity index (χ2n) is 5.66. The second-order valence-corrected chi connectivity index (χ2v) is 5.66. The number of aromatic nitrogens is 3. The Labute approximate surface area is 129 Å². The van der Waals surface area contributed by atoms with Gasteiger partial charge in [-0.15, -0.1) is 0 Å². The zero-order valence-electron chi connectivity index (χ0n) is 12.8. The molecule has 22 heavy (non-hydrogen) atoms. The van der Waals surface area contributed by atoms with Crippen LogP contribution >= 0.6 is 0 Å². The third-order valence-corrected chi connectivity index (χ3v) is 3.83. The van der Waals surface area contributed by atoms with E-state index >= 15 is 0 Å². The fourth-order valence-electron chi connectivity index (χ4n) is 2.74. The van der Waals surface area contributed by atoms with E-state index in [2.05, 4.69) is 15.4 Å². The Morgan fingerprint density at radius 1 is 1.45 bits per heavy atom. The van der Waals surface area contributed by atoms with Crippen LogP contribution < -0.4 is 10.1 Å². The van der Waals surface area contributed by atoms with E-state index in [9.17, 15) is 4.79 Å². The highest BCUT2D eigenvalue weighted by Gasteiger charge is 2.27. The van der Waals surface area contributed by atoms with Crippen LogP contribution in [0.1, 0.15) is 43.6 Å². The van der Waals surface area contributed by atoms with E-state index in [-0.39, 0.29) is 17.9 Å². The molecule has 1 unspecified atom stereocenters. The van der Waals surface area contributed by atoms with Crippen LogP contribution in [0.25, 0.3) is 0 Å². The van der Waals surface area contributed by atoms with Crippen LogP contribution in [0.15, 0.2) is 30.6 Å². The molecule has 1 N–H and O–H groups in total. The summed E-state index contributed by atoms with van der Waals surface area (Å²) < 4.78 is 7.42. The first-order valence-corrected chi connectivity index (χ1v) is 7.54. The van der Waals surface area contributed by atoms with Crippen LogP contribution in [-0.2, 0) is 11.3 Å². The third-order valence-electron chi connectivity index (χ3n) is 3.83. The minimum atomic E-state index is -0.166. The zero-order valence-corrected chi connectivity index (χ0v) is 12.8. The molecule has 0 saturated heterocycles. The molecule has 6 nitrogen and oxygen atoms in total. The molecule has 0 spiro atoms. The Kier molecular flexibility index (Phi) is 4.09. The molecule has 0 fully saturated rings. The highest BCUT2D eigenvalue weighted by atomic mass is 16.5. The lowest BCUT2D eigenvalue weighted by Gasteiger charge is -2.25. The third kappa shape index (κ3) is 2.81. The van der Waals surface area contributed by atoms with Crippen molar-refractivity contribution in [1.82, 2.24) is 20.1 Å². The number of hydrogen-bond donors (Lipinski definition) is 1.